The molecule has 0 N–H and O–H groups in total. The molecule has 1 nitrogen and oxygen atoms in total. The normalized spacial score (nSPS) is 15.0. The van der Waals surface area contributed by atoms with Crippen molar-refractivity contribution in [1.29, 1.82) is 0 Å². The maximum atomic E-state index is 11.7. The van der Waals surface area contributed by atoms with E-state index in [1.165, 1.54) is 6.92 Å². The van der Waals surface area contributed by atoms with Crippen LogP contribution in [0, 0.1) is 6.92 Å². The van der Waals surface area contributed by atoms with E-state index in [0.29, 0.717) is 0 Å². The molecule has 0 heterocycles. The second-order valence-corrected chi connectivity index (χ2v) is 1.49. The van der Waals surface area contributed by atoms with Crippen molar-refractivity contribution in [3.8, 4) is 0 Å². The van der Waals surface area contributed by atoms with E-state index in [9.17, 15) is 4.39 Å². The van der Waals surface area contributed by atoms with Gasteiger partial charge in [0, 0.05) is 0 Å². The second-order valence-electron chi connectivity index (χ2n) is 1.49. The Kier molecular flexibility index (Phi) is 2.92. The molecule has 0 aromatic rings. The van der Waals surface area contributed by atoms with Crippen molar-refractivity contribution in [3.63, 3.8) is 0 Å². The van der Waals surface area contributed by atoms with E-state index < -0.39 is 6.36 Å². The van der Waals surface area contributed by atoms with Crippen LogP contribution in [-0.4, -0.2) is 12.5 Å². The molecular formula is C5H10FO. The molecule has 0 saturated heterocycles. The average molecular weight is 105 g/mol. The number of rotatable bonds is 2. The summed E-state index contributed by atoms with van der Waals surface area (Å²) in [6, 6.07) is 0. The highest BCUT2D eigenvalue weighted by Crippen LogP contribution is 1.95. The first-order chi connectivity index (χ1) is 3.13. The summed E-state index contributed by atoms with van der Waals surface area (Å²) in [7, 11) is 0. The molecule has 0 amide bonds. The highest BCUT2D eigenvalue weighted by Gasteiger charge is 1.98. The van der Waals surface area contributed by atoms with Crippen LogP contribution in [0.25, 0.3) is 0 Å². The largest absolute Gasteiger partial charge is 0.345 e. The van der Waals surface area contributed by atoms with Gasteiger partial charge in [-0.15, -0.1) is 0 Å². The van der Waals surface area contributed by atoms with Crippen LogP contribution in [0.1, 0.15) is 13.8 Å². The van der Waals surface area contributed by atoms with Crippen LogP contribution in [0.2, 0.25) is 0 Å². The number of ether oxygens (including phenoxy) is 1. The Morgan fingerprint density at radius 3 is 2.00 bits per heavy atom. The number of hydrogen-bond acceptors (Lipinski definition) is 1. The molecule has 0 saturated carbocycles. The number of halogens is 1. The minimum Gasteiger partial charge on any atom is -0.345 e. The Balaban J connectivity index is 2.95. The molecule has 0 aliphatic carbocycles. The van der Waals surface area contributed by atoms with E-state index in [4.69, 9.17) is 0 Å². The Morgan fingerprint density at radius 2 is 2.00 bits per heavy atom. The lowest BCUT2D eigenvalue weighted by Gasteiger charge is -2.05. The highest BCUT2D eigenvalue weighted by atomic mass is 19.1. The van der Waals surface area contributed by atoms with Crippen LogP contribution in [-0.2, 0) is 4.74 Å². The van der Waals surface area contributed by atoms with Crippen molar-refractivity contribution >= 4 is 0 Å². The highest BCUT2D eigenvalue weighted by molar-refractivity contribution is 4.48. The maximum Gasteiger partial charge on any atom is 0.196 e. The minimum absolute atomic E-state index is 0.250. The van der Waals surface area contributed by atoms with Crippen LogP contribution >= 0.6 is 0 Å². The van der Waals surface area contributed by atoms with Gasteiger partial charge in [-0.05, 0) is 20.8 Å². The van der Waals surface area contributed by atoms with Crippen molar-refractivity contribution in [2.24, 2.45) is 0 Å². The van der Waals surface area contributed by atoms with Crippen molar-refractivity contribution in [2.75, 3.05) is 0 Å². The molecule has 0 fully saturated rings. The molecular weight excluding hydrogens is 95.1 g/mol. The number of hydrogen-bond donors (Lipinski definition) is 0. The van der Waals surface area contributed by atoms with Crippen LogP contribution in [0.3, 0.4) is 0 Å². The zero-order chi connectivity index (χ0) is 5.86. The van der Waals surface area contributed by atoms with Crippen LogP contribution < -0.4 is 0 Å². The molecule has 0 aliphatic rings. The summed E-state index contributed by atoms with van der Waals surface area (Å²) in [5.41, 5.74) is 0. The van der Waals surface area contributed by atoms with E-state index in [0.717, 1.165) is 0 Å². The van der Waals surface area contributed by atoms with Gasteiger partial charge in [-0.1, -0.05) is 0 Å². The van der Waals surface area contributed by atoms with E-state index in [1.54, 1.807) is 6.92 Å². The summed E-state index contributed by atoms with van der Waals surface area (Å²) < 4.78 is 16.2. The average Bonchev–Trinajstić information content (AvgIpc) is 1.27. The molecule has 2 unspecified atom stereocenters. The smallest absolute Gasteiger partial charge is 0.196 e. The third-order valence-corrected chi connectivity index (χ3v) is 0.420. The lowest BCUT2D eigenvalue weighted by molar-refractivity contribution is -0.0487. The Morgan fingerprint density at radius 1 is 1.57 bits per heavy atom. The van der Waals surface area contributed by atoms with E-state index in [1.807, 2.05) is 0 Å². The quantitative estimate of drug-likeness (QED) is 0.517. The molecule has 0 bridgehead atoms. The monoisotopic (exact) mass is 105 g/mol. The second kappa shape index (κ2) is 2.97. The number of alkyl halides is 1. The first kappa shape index (κ1) is 6.89. The summed E-state index contributed by atoms with van der Waals surface area (Å²) in [5, 5.41) is 0. The molecule has 2 heteroatoms. The van der Waals surface area contributed by atoms with Gasteiger partial charge in [0.15, 0.2) is 6.36 Å². The minimum atomic E-state index is -1.19. The summed E-state index contributed by atoms with van der Waals surface area (Å²) in [5.74, 6) is 0. The van der Waals surface area contributed by atoms with Gasteiger partial charge in [0.25, 0.3) is 0 Å². The first-order valence-corrected chi connectivity index (χ1v) is 2.25. The molecule has 0 aliphatic heterocycles. The molecule has 0 aromatic carbocycles. The zero-order valence-electron chi connectivity index (χ0n) is 4.65. The molecule has 0 aromatic heterocycles. The van der Waals surface area contributed by atoms with Crippen LogP contribution in [0.4, 0.5) is 4.39 Å². The molecule has 0 spiro atoms. The first-order valence-electron chi connectivity index (χ1n) is 2.25. The van der Waals surface area contributed by atoms with Gasteiger partial charge in [-0.2, -0.15) is 0 Å². The predicted octanol–water partition coefficient (Wildman–Crippen LogP) is 1.54. The topological polar surface area (TPSA) is 9.23 Å². The standard InChI is InChI=1S/C5H10FO/c1-4(2)7-5(3)6/h4-5H,1H2,2-3H3. The van der Waals surface area contributed by atoms with E-state index in [2.05, 4.69) is 11.7 Å². The third kappa shape index (κ3) is 5.89. The molecule has 0 rings (SSSR count). The van der Waals surface area contributed by atoms with Gasteiger partial charge >= 0.3 is 0 Å². The van der Waals surface area contributed by atoms with Gasteiger partial charge in [0.1, 0.15) is 0 Å². The fourth-order valence-corrected chi connectivity index (χ4v) is 0.320. The van der Waals surface area contributed by atoms with Crippen molar-refractivity contribution in [3.05, 3.63) is 6.92 Å². The Bertz CT molecular complexity index is 37.3. The fourth-order valence-electron chi connectivity index (χ4n) is 0.320. The van der Waals surface area contributed by atoms with Crippen LogP contribution in [0.5, 0.6) is 0 Å². The lowest BCUT2D eigenvalue weighted by atomic mass is 10.5. The molecule has 2 atom stereocenters. The summed E-state index contributed by atoms with van der Waals surface area (Å²) >= 11 is 0. The van der Waals surface area contributed by atoms with Gasteiger partial charge in [0.2, 0.25) is 0 Å². The fraction of sp³-hybridized carbons (Fsp3) is 0.800. The molecule has 43 valence electrons. The van der Waals surface area contributed by atoms with Crippen molar-refractivity contribution in [2.45, 2.75) is 26.3 Å². The SMILES string of the molecule is [CH2]C(C)OC(C)F. The van der Waals surface area contributed by atoms with Gasteiger partial charge < -0.3 is 4.74 Å². The summed E-state index contributed by atoms with van der Waals surface area (Å²) in [6.45, 7) is 6.44. The Labute approximate surface area is 43.5 Å². The zero-order valence-corrected chi connectivity index (χ0v) is 4.65. The van der Waals surface area contributed by atoms with Crippen molar-refractivity contribution in [1.82, 2.24) is 0 Å². The summed E-state index contributed by atoms with van der Waals surface area (Å²) in [4.78, 5) is 0. The van der Waals surface area contributed by atoms with Gasteiger partial charge in [-0.3, -0.25) is 0 Å². The predicted molar refractivity (Wildman–Crippen MR) is 26.5 cm³/mol. The third-order valence-electron chi connectivity index (χ3n) is 0.420. The Hall–Kier alpha value is -0.110. The van der Waals surface area contributed by atoms with Gasteiger partial charge in [0.05, 0.1) is 6.10 Å². The molecule has 7 heavy (non-hydrogen) atoms. The van der Waals surface area contributed by atoms with E-state index >= 15 is 0 Å². The van der Waals surface area contributed by atoms with Crippen molar-refractivity contribution < 1.29 is 9.13 Å². The maximum absolute atomic E-state index is 11.7. The lowest BCUT2D eigenvalue weighted by Crippen LogP contribution is -2.08. The van der Waals surface area contributed by atoms with Gasteiger partial charge in [-0.25, -0.2) is 4.39 Å². The van der Waals surface area contributed by atoms with Crippen LogP contribution in [0.15, 0.2) is 0 Å². The summed E-state index contributed by atoms with van der Waals surface area (Å²) in [6.07, 6.45) is -1.44. The van der Waals surface area contributed by atoms with E-state index in [-0.39, 0.29) is 6.10 Å². The molecule has 1 radical (unpaired) electrons.